The predicted octanol–water partition coefficient (Wildman–Crippen LogP) is 2.85. The van der Waals surface area contributed by atoms with Crippen molar-refractivity contribution in [1.29, 1.82) is 0 Å². The maximum atomic E-state index is 11.6. The molecule has 0 atom stereocenters. The van der Waals surface area contributed by atoms with E-state index in [0.717, 1.165) is 5.57 Å². The van der Waals surface area contributed by atoms with Crippen molar-refractivity contribution < 1.29 is 19.1 Å². The van der Waals surface area contributed by atoms with Crippen molar-refractivity contribution in [3.8, 4) is 0 Å². The number of hydrogen-bond donors (Lipinski definition) is 0. The van der Waals surface area contributed by atoms with E-state index in [4.69, 9.17) is 0 Å². The Morgan fingerprint density at radius 1 is 1.00 bits per heavy atom. The molecule has 1 aromatic rings. The number of allylic oxidation sites excluding steroid dienone is 3. The van der Waals surface area contributed by atoms with Crippen molar-refractivity contribution in [2.24, 2.45) is 0 Å². The summed E-state index contributed by atoms with van der Waals surface area (Å²) in [7, 11) is 2.58. The third-order valence-corrected chi connectivity index (χ3v) is 2.64. The van der Waals surface area contributed by atoms with Crippen LogP contribution in [0.3, 0.4) is 0 Å². The van der Waals surface area contributed by atoms with Gasteiger partial charge < -0.3 is 9.47 Å². The highest BCUT2D eigenvalue weighted by Crippen LogP contribution is 2.20. The van der Waals surface area contributed by atoms with Crippen LogP contribution < -0.4 is 0 Å². The summed E-state index contributed by atoms with van der Waals surface area (Å²) in [6.07, 6.45) is 3.49. The van der Waals surface area contributed by atoms with Gasteiger partial charge in [0.1, 0.15) is 0 Å². The number of carbonyl (C=O) groups excluding carboxylic acids is 2. The molecule has 1 rings (SSSR count). The zero-order chi connectivity index (χ0) is 14.4. The molecule has 0 saturated carbocycles. The summed E-state index contributed by atoms with van der Waals surface area (Å²) in [5, 5.41) is 0. The Morgan fingerprint density at radius 3 is 1.74 bits per heavy atom. The predicted molar refractivity (Wildman–Crippen MR) is 73.0 cm³/mol. The highest BCUT2D eigenvalue weighted by atomic mass is 16.5. The second-order valence-corrected chi connectivity index (χ2v) is 3.73. The van der Waals surface area contributed by atoms with E-state index < -0.39 is 11.9 Å². The second-order valence-electron chi connectivity index (χ2n) is 3.73. The smallest absolute Gasteiger partial charge is 0.337 e. The van der Waals surface area contributed by atoms with Crippen molar-refractivity contribution in [2.45, 2.75) is 6.92 Å². The lowest BCUT2D eigenvalue weighted by Crippen LogP contribution is -2.07. The quantitative estimate of drug-likeness (QED) is 0.617. The molecule has 0 fully saturated rings. The van der Waals surface area contributed by atoms with Gasteiger partial charge in [0.2, 0.25) is 0 Å². The summed E-state index contributed by atoms with van der Waals surface area (Å²) in [6, 6.07) is 4.74. The second kappa shape index (κ2) is 6.54. The fourth-order valence-electron chi connectivity index (χ4n) is 1.67. The maximum absolute atomic E-state index is 11.6. The summed E-state index contributed by atoms with van der Waals surface area (Å²) < 4.78 is 9.34. The number of rotatable bonds is 4. The zero-order valence-electron chi connectivity index (χ0n) is 11.2. The van der Waals surface area contributed by atoms with Crippen molar-refractivity contribution in [2.75, 3.05) is 14.2 Å². The van der Waals surface area contributed by atoms with Crippen LogP contribution in [0.2, 0.25) is 0 Å². The lowest BCUT2D eigenvalue weighted by Gasteiger charge is -2.08. The molecule has 0 aliphatic rings. The molecule has 0 aliphatic heterocycles. The van der Waals surface area contributed by atoms with E-state index in [1.165, 1.54) is 20.3 Å². The molecule has 0 radical (unpaired) electrons. The molecule has 0 N–H and O–H groups in total. The molecule has 4 heteroatoms. The minimum absolute atomic E-state index is 0.293. The zero-order valence-corrected chi connectivity index (χ0v) is 11.2. The number of methoxy groups -OCH3 is 2. The molecule has 0 bridgehead atoms. The number of ether oxygens (including phenoxy) is 2. The normalized spacial score (nSPS) is 10.8. The third kappa shape index (κ3) is 3.31. The number of esters is 2. The van der Waals surface area contributed by atoms with Crippen molar-refractivity contribution in [1.82, 2.24) is 0 Å². The van der Waals surface area contributed by atoms with E-state index in [0.29, 0.717) is 16.7 Å². The van der Waals surface area contributed by atoms with Gasteiger partial charge in [-0.05, 0) is 36.3 Å². The summed E-state index contributed by atoms with van der Waals surface area (Å²) in [4.78, 5) is 23.2. The summed E-state index contributed by atoms with van der Waals surface area (Å²) in [5.74, 6) is -1.02. The van der Waals surface area contributed by atoms with E-state index in [1.54, 1.807) is 18.2 Å². The minimum Gasteiger partial charge on any atom is -0.465 e. The standard InChI is InChI=1S/C15H16O4/c1-5-10(6-2)11-7-12(14(16)18-3)9-13(8-11)15(17)19-4/h5-9H,1H2,2-4H3/b10-6+. The Bertz CT molecular complexity index is 507. The molecule has 1 aromatic carbocycles. The molecule has 0 amide bonds. The fraction of sp³-hybridized carbons (Fsp3) is 0.200. The Labute approximate surface area is 112 Å². The molecular weight excluding hydrogens is 244 g/mol. The summed E-state index contributed by atoms with van der Waals surface area (Å²) in [6.45, 7) is 5.54. The van der Waals surface area contributed by atoms with Crippen LogP contribution in [0.15, 0.2) is 36.9 Å². The van der Waals surface area contributed by atoms with Crippen molar-refractivity contribution in [3.05, 3.63) is 53.6 Å². The SMILES string of the molecule is C=C/C(=C\C)c1cc(C(=O)OC)cc(C(=O)OC)c1. The topological polar surface area (TPSA) is 52.6 Å². The van der Waals surface area contributed by atoms with Gasteiger partial charge in [-0.2, -0.15) is 0 Å². The van der Waals surface area contributed by atoms with Crippen LogP contribution in [0, 0.1) is 0 Å². The average molecular weight is 260 g/mol. The van der Waals surface area contributed by atoms with Gasteiger partial charge >= 0.3 is 11.9 Å². The van der Waals surface area contributed by atoms with Crippen LogP contribution in [0.1, 0.15) is 33.2 Å². The van der Waals surface area contributed by atoms with Crippen LogP contribution in [0.25, 0.3) is 5.57 Å². The van der Waals surface area contributed by atoms with Crippen LogP contribution in [-0.4, -0.2) is 26.2 Å². The summed E-state index contributed by atoms with van der Waals surface area (Å²) >= 11 is 0. The molecule has 100 valence electrons. The van der Waals surface area contributed by atoms with E-state index in [9.17, 15) is 9.59 Å². The van der Waals surface area contributed by atoms with Gasteiger partial charge in [-0.3, -0.25) is 0 Å². The van der Waals surface area contributed by atoms with Crippen molar-refractivity contribution >= 4 is 17.5 Å². The number of hydrogen-bond acceptors (Lipinski definition) is 4. The van der Waals surface area contributed by atoms with Crippen molar-refractivity contribution in [3.63, 3.8) is 0 Å². The van der Waals surface area contributed by atoms with E-state index >= 15 is 0 Å². The first-order valence-corrected chi connectivity index (χ1v) is 5.68. The van der Waals surface area contributed by atoms with E-state index in [-0.39, 0.29) is 0 Å². The van der Waals surface area contributed by atoms with Gasteiger partial charge in [0.05, 0.1) is 25.3 Å². The Morgan fingerprint density at radius 2 is 1.42 bits per heavy atom. The molecule has 0 heterocycles. The minimum atomic E-state index is -0.508. The van der Waals surface area contributed by atoms with Gasteiger partial charge in [0.15, 0.2) is 0 Å². The van der Waals surface area contributed by atoms with Gasteiger partial charge in [-0.25, -0.2) is 9.59 Å². The number of carbonyl (C=O) groups is 2. The van der Waals surface area contributed by atoms with Gasteiger partial charge in [0, 0.05) is 0 Å². The van der Waals surface area contributed by atoms with Gasteiger partial charge in [-0.1, -0.05) is 18.7 Å². The Hall–Kier alpha value is -2.36. The van der Waals surface area contributed by atoms with Crippen LogP contribution in [-0.2, 0) is 9.47 Å². The van der Waals surface area contributed by atoms with Gasteiger partial charge in [0.25, 0.3) is 0 Å². The molecule has 4 nitrogen and oxygen atoms in total. The van der Waals surface area contributed by atoms with Crippen LogP contribution >= 0.6 is 0 Å². The monoisotopic (exact) mass is 260 g/mol. The Kier molecular flexibility index (Phi) is 5.06. The molecule has 0 spiro atoms. The fourth-order valence-corrected chi connectivity index (χ4v) is 1.67. The van der Waals surface area contributed by atoms with E-state index in [2.05, 4.69) is 16.1 Å². The van der Waals surface area contributed by atoms with Crippen LogP contribution in [0.5, 0.6) is 0 Å². The molecule has 19 heavy (non-hydrogen) atoms. The van der Waals surface area contributed by atoms with Gasteiger partial charge in [-0.15, -0.1) is 0 Å². The maximum Gasteiger partial charge on any atom is 0.337 e. The molecule has 0 aromatic heterocycles. The summed E-state index contributed by atoms with van der Waals surface area (Å²) in [5.41, 5.74) is 2.11. The van der Waals surface area contributed by atoms with E-state index in [1.807, 2.05) is 13.0 Å². The average Bonchev–Trinajstić information content (AvgIpc) is 2.46. The third-order valence-electron chi connectivity index (χ3n) is 2.64. The molecule has 0 unspecified atom stereocenters. The molecule has 0 aliphatic carbocycles. The first-order chi connectivity index (χ1) is 9.07. The highest BCUT2D eigenvalue weighted by Gasteiger charge is 2.14. The van der Waals surface area contributed by atoms with Crippen LogP contribution in [0.4, 0.5) is 0 Å². The first-order valence-electron chi connectivity index (χ1n) is 5.68. The lowest BCUT2D eigenvalue weighted by molar-refractivity contribution is 0.0599. The first kappa shape index (κ1) is 14.7. The highest BCUT2D eigenvalue weighted by molar-refractivity contribution is 5.97. The number of benzene rings is 1. The molecule has 0 saturated heterocycles. The largest absolute Gasteiger partial charge is 0.465 e. The Balaban J connectivity index is 3.44. The lowest BCUT2D eigenvalue weighted by atomic mass is 9.99. The molecular formula is C15H16O4.